The molecule has 108 valence electrons. The minimum absolute atomic E-state index is 0.141. The molecule has 0 aliphatic carbocycles. The highest BCUT2D eigenvalue weighted by molar-refractivity contribution is 7.71. The van der Waals surface area contributed by atoms with E-state index >= 15 is 0 Å². The first kappa shape index (κ1) is 13.8. The van der Waals surface area contributed by atoms with Crippen molar-refractivity contribution in [1.82, 2.24) is 9.55 Å². The molecule has 0 atom stereocenters. The number of nitrogens with zero attached hydrogens (tertiary/aromatic N) is 1. The summed E-state index contributed by atoms with van der Waals surface area (Å²) in [7, 11) is 1.57. The molecule has 0 radical (unpaired) electrons. The van der Waals surface area contributed by atoms with Crippen LogP contribution in [0.1, 0.15) is 5.56 Å². The zero-order valence-corrected chi connectivity index (χ0v) is 12.0. The summed E-state index contributed by atoms with van der Waals surface area (Å²) in [6, 6.07) is 9.92. The molecule has 1 heterocycles. The van der Waals surface area contributed by atoms with Gasteiger partial charge < -0.3 is 14.3 Å². The second-order valence-corrected chi connectivity index (χ2v) is 5.01. The fourth-order valence-corrected chi connectivity index (χ4v) is 2.56. The minimum Gasteiger partial charge on any atom is -0.497 e. The first-order valence-electron chi connectivity index (χ1n) is 6.29. The molecule has 2 aromatic carbocycles. The van der Waals surface area contributed by atoms with Gasteiger partial charge in [0.05, 0.1) is 19.2 Å². The predicted molar refractivity (Wildman–Crippen MR) is 79.1 cm³/mol. The Hall–Kier alpha value is -2.21. The Bertz CT molecular complexity index is 870. The number of aromatic amines is 1. The van der Waals surface area contributed by atoms with Gasteiger partial charge in [-0.05, 0) is 42.0 Å². The SMILES string of the molecule is COc1cccc(Cn2c(=S)[nH]c3ccc(F)c(F)c32)c1. The van der Waals surface area contributed by atoms with Crippen LogP contribution in [0, 0.1) is 16.4 Å². The first-order valence-corrected chi connectivity index (χ1v) is 6.70. The summed E-state index contributed by atoms with van der Waals surface area (Å²) in [6.07, 6.45) is 0. The lowest BCUT2D eigenvalue weighted by Crippen LogP contribution is -2.02. The number of fused-ring (bicyclic) bond motifs is 1. The summed E-state index contributed by atoms with van der Waals surface area (Å²) in [5, 5.41) is 0. The van der Waals surface area contributed by atoms with Crippen molar-refractivity contribution in [1.29, 1.82) is 0 Å². The van der Waals surface area contributed by atoms with Crippen molar-refractivity contribution >= 4 is 23.3 Å². The van der Waals surface area contributed by atoms with E-state index in [0.717, 1.165) is 11.6 Å². The maximum atomic E-state index is 14.0. The van der Waals surface area contributed by atoms with E-state index in [9.17, 15) is 8.78 Å². The van der Waals surface area contributed by atoms with E-state index in [1.165, 1.54) is 10.6 Å². The number of benzene rings is 2. The maximum absolute atomic E-state index is 14.0. The van der Waals surface area contributed by atoms with E-state index in [-0.39, 0.29) is 5.52 Å². The molecule has 0 bridgehead atoms. The van der Waals surface area contributed by atoms with Crippen LogP contribution in [0.3, 0.4) is 0 Å². The monoisotopic (exact) mass is 306 g/mol. The van der Waals surface area contributed by atoms with E-state index < -0.39 is 11.6 Å². The number of H-pyrrole nitrogens is 1. The van der Waals surface area contributed by atoms with Crippen LogP contribution in [0.2, 0.25) is 0 Å². The van der Waals surface area contributed by atoms with Crippen molar-refractivity contribution in [2.24, 2.45) is 0 Å². The third kappa shape index (κ3) is 2.42. The third-order valence-electron chi connectivity index (χ3n) is 3.30. The van der Waals surface area contributed by atoms with Gasteiger partial charge in [0.2, 0.25) is 0 Å². The zero-order valence-electron chi connectivity index (χ0n) is 11.2. The minimum atomic E-state index is -0.900. The number of halogens is 2. The number of hydrogen-bond acceptors (Lipinski definition) is 2. The molecule has 0 amide bonds. The van der Waals surface area contributed by atoms with Gasteiger partial charge in [-0.3, -0.25) is 0 Å². The highest BCUT2D eigenvalue weighted by Crippen LogP contribution is 2.22. The molecule has 0 unspecified atom stereocenters. The van der Waals surface area contributed by atoms with Gasteiger partial charge in [0, 0.05) is 0 Å². The summed E-state index contributed by atoms with van der Waals surface area (Å²) in [6.45, 7) is 0.330. The van der Waals surface area contributed by atoms with Crippen molar-refractivity contribution in [3.05, 3.63) is 58.4 Å². The third-order valence-corrected chi connectivity index (χ3v) is 3.62. The molecule has 0 aliphatic heterocycles. The van der Waals surface area contributed by atoms with Crippen molar-refractivity contribution in [3.63, 3.8) is 0 Å². The summed E-state index contributed by atoms with van der Waals surface area (Å²) >= 11 is 5.20. The molecule has 1 aromatic heterocycles. The molecule has 3 rings (SSSR count). The summed E-state index contributed by atoms with van der Waals surface area (Å²) in [5.74, 6) is -1.09. The van der Waals surface area contributed by atoms with Crippen molar-refractivity contribution in [2.45, 2.75) is 6.54 Å². The van der Waals surface area contributed by atoms with Gasteiger partial charge in [-0.1, -0.05) is 12.1 Å². The van der Waals surface area contributed by atoms with Gasteiger partial charge in [0.15, 0.2) is 16.4 Å². The molecule has 21 heavy (non-hydrogen) atoms. The first-order chi connectivity index (χ1) is 10.1. The lowest BCUT2D eigenvalue weighted by molar-refractivity contribution is 0.414. The molecule has 0 saturated carbocycles. The number of nitrogens with one attached hydrogen (secondary N) is 1. The van der Waals surface area contributed by atoms with E-state index in [1.807, 2.05) is 24.3 Å². The quantitative estimate of drug-likeness (QED) is 0.740. The molecule has 3 nitrogen and oxygen atoms in total. The highest BCUT2D eigenvalue weighted by Gasteiger charge is 2.14. The van der Waals surface area contributed by atoms with Crippen LogP contribution in [0.4, 0.5) is 8.78 Å². The molecule has 6 heteroatoms. The zero-order chi connectivity index (χ0) is 15.0. The van der Waals surface area contributed by atoms with E-state index in [1.54, 1.807) is 7.11 Å². The number of ether oxygens (including phenoxy) is 1. The van der Waals surface area contributed by atoms with Crippen molar-refractivity contribution in [2.75, 3.05) is 7.11 Å². The molecule has 0 spiro atoms. The van der Waals surface area contributed by atoms with Gasteiger partial charge in [-0.2, -0.15) is 0 Å². The number of aromatic nitrogens is 2. The van der Waals surface area contributed by atoms with Crippen LogP contribution in [0.25, 0.3) is 11.0 Å². The van der Waals surface area contributed by atoms with Crippen LogP contribution in [0.5, 0.6) is 5.75 Å². The van der Waals surface area contributed by atoms with Crippen molar-refractivity contribution < 1.29 is 13.5 Å². The number of rotatable bonds is 3. The predicted octanol–water partition coefficient (Wildman–Crippen LogP) is 4.03. The average Bonchev–Trinajstić information content (AvgIpc) is 2.80. The highest BCUT2D eigenvalue weighted by atomic mass is 32.1. The second-order valence-electron chi connectivity index (χ2n) is 4.63. The lowest BCUT2D eigenvalue weighted by atomic mass is 10.2. The van der Waals surface area contributed by atoms with Crippen LogP contribution < -0.4 is 4.74 Å². The standard InChI is InChI=1S/C15H12F2N2OS/c1-20-10-4-2-3-9(7-10)8-19-14-12(18-15(19)21)6-5-11(16)13(14)17/h2-7H,8H2,1H3,(H,18,21). The van der Waals surface area contributed by atoms with E-state index in [2.05, 4.69) is 4.98 Å². The molecular formula is C15H12F2N2OS. The second kappa shape index (κ2) is 5.29. The van der Waals surface area contributed by atoms with Crippen molar-refractivity contribution in [3.8, 4) is 5.75 Å². The van der Waals surface area contributed by atoms with Crippen LogP contribution in [-0.4, -0.2) is 16.7 Å². The summed E-state index contributed by atoms with van der Waals surface area (Å²) < 4.78 is 34.5. The topological polar surface area (TPSA) is 29.9 Å². The molecule has 0 fully saturated rings. The van der Waals surface area contributed by atoms with Crippen LogP contribution >= 0.6 is 12.2 Å². The Morgan fingerprint density at radius 3 is 2.81 bits per heavy atom. The fraction of sp³-hybridized carbons (Fsp3) is 0.133. The Morgan fingerprint density at radius 1 is 1.24 bits per heavy atom. The molecular weight excluding hydrogens is 294 g/mol. The van der Waals surface area contributed by atoms with E-state index in [0.29, 0.717) is 22.6 Å². The normalized spacial score (nSPS) is 11.0. The van der Waals surface area contributed by atoms with Crippen LogP contribution in [-0.2, 0) is 6.54 Å². The van der Waals surface area contributed by atoms with Gasteiger partial charge >= 0.3 is 0 Å². The number of imidazole rings is 1. The lowest BCUT2D eigenvalue weighted by Gasteiger charge is -2.07. The van der Waals surface area contributed by atoms with Gasteiger partial charge in [0.1, 0.15) is 11.3 Å². The summed E-state index contributed by atoms with van der Waals surface area (Å²) in [5.41, 5.74) is 1.50. The largest absolute Gasteiger partial charge is 0.497 e. The number of hydrogen-bond donors (Lipinski definition) is 1. The Labute approximate surface area is 124 Å². The van der Waals surface area contributed by atoms with Crippen LogP contribution in [0.15, 0.2) is 36.4 Å². The Balaban J connectivity index is 2.14. The molecule has 0 saturated heterocycles. The van der Waals surface area contributed by atoms with Gasteiger partial charge in [-0.25, -0.2) is 8.78 Å². The smallest absolute Gasteiger partial charge is 0.184 e. The summed E-state index contributed by atoms with van der Waals surface area (Å²) in [4.78, 5) is 2.88. The molecule has 1 N–H and O–H groups in total. The molecule has 0 aliphatic rings. The average molecular weight is 306 g/mol. The Kier molecular flexibility index (Phi) is 3.47. The Morgan fingerprint density at radius 2 is 2.05 bits per heavy atom. The molecule has 3 aromatic rings. The number of methoxy groups -OCH3 is 1. The van der Waals surface area contributed by atoms with Gasteiger partial charge in [0.25, 0.3) is 0 Å². The van der Waals surface area contributed by atoms with Gasteiger partial charge in [-0.15, -0.1) is 0 Å². The maximum Gasteiger partial charge on any atom is 0.184 e. The fourth-order valence-electron chi connectivity index (χ4n) is 2.29. The van der Waals surface area contributed by atoms with E-state index in [4.69, 9.17) is 17.0 Å².